The second-order valence-corrected chi connectivity index (χ2v) is 7.09. The van der Waals surface area contributed by atoms with Gasteiger partial charge < -0.3 is 0 Å². The summed E-state index contributed by atoms with van der Waals surface area (Å²) < 4.78 is 27.0. The van der Waals surface area contributed by atoms with Gasteiger partial charge in [0, 0.05) is 12.6 Å². The van der Waals surface area contributed by atoms with E-state index in [1.54, 1.807) is 10.4 Å². The maximum atomic E-state index is 12.7. The fraction of sp³-hybridized carbons (Fsp3) is 0.571. The molecule has 1 aliphatic heterocycles. The van der Waals surface area contributed by atoms with E-state index in [-0.39, 0.29) is 6.04 Å². The molecule has 1 unspecified atom stereocenters. The summed E-state index contributed by atoms with van der Waals surface area (Å²) in [7, 11) is -3.33. The molecule has 100 valence electrons. The number of benzene rings is 1. The smallest absolute Gasteiger partial charge is 0.207 e. The zero-order valence-corrected chi connectivity index (χ0v) is 12.1. The standard InChI is InChI=1S/C14H21NO2S/c1-11-7-8-14(12(2)10-11)18(16,17)15-9-5-4-6-13(15)3/h7-8,10,13H,4-6,9H2,1-3H3. The predicted molar refractivity (Wildman–Crippen MR) is 73.1 cm³/mol. The van der Waals surface area contributed by atoms with E-state index in [2.05, 4.69) is 0 Å². The van der Waals surface area contributed by atoms with E-state index < -0.39 is 10.0 Å². The number of rotatable bonds is 2. The molecule has 2 rings (SSSR count). The highest BCUT2D eigenvalue weighted by molar-refractivity contribution is 7.89. The van der Waals surface area contributed by atoms with Gasteiger partial charge in [-0.05, 0) is 45.2 Å². The molecule has 1 aromatic rings. The van der Waals surface area contributed by atoms with Crippen LogP contribution in [0, 0.1) is 13.8 Å². The minimum Gasteiger partial charge on any atom is -0.207 e. The Morgan fingerprint density at radius 2 is 1.94 bits per heavy atom. The number of hydrogen-bond acceptors (Lipinski definition) is 2. The van der Waals surface area contributed by atoms with Gasteiger partial charge in [0.25, 0.3) is 0 Å². The zero-order chi connectivity index (χ0) is 13.3. The SMILES string of the molecule is Cc1ccc(S(=O)(=O)N2CCCCC2C)c(C)c1. The van der Waals surface area contributed by atoms with Crippen LogP contribution >= 0.6 is 0 Å². The fourth-order valence-electron chi connectivity index (χ4n) is 2.64. The molecular weight excluding hydrogens is 246 g/mol. The van der Waals surface area contributed by atoms with Crippen molar-refractivity contribution in [2.75, 3.05) is 6.54 Å². The quantitative estimate of drug-likeness (QED) is 0.826. The average Bonchev–Trinajstić information content (AvgIpc) is 2.28. The number of aryl methyl sites for hydroxylation is 2. The Labute approximate surface area is 110 Å². The number of hydrogen-bond donors (Lipinski definition) is 0. The van der Waals surface area contributed by atoms with E-state index in [9.17, 15) is 8.42 Å². The summed E-state index contributed by atoms with van der Waals surface area (Å²) in [6, 6.07) is 5.65. The van der Waals surface area contributed by atoms with Crippen molar-refractivity contribution in [2.24, 2.45) is 0 Å². The van der Waals surface area contributed by atoms with E-state index in [4.69, 9.17) is 0 Å². The Balaban J connectivity index is 2.41. The molecule has 0 spiro atoms. The molecule has 1 fully saturated rings. The Hall–Kier alpha value is -0.870. The molecule has 0 N–H and O–H groups in total. The summed E-state index contributed by atoms with van der Waals surface area (Å²) in [5.74, 6) is 0. The third-order valence-electron chi connectivity index (χ3n) is 3.66. The lowest BCUT2D eigenvalue weighted by molar-refractivity contribution is 0.268. The van der Waals surface area contributed by atoms with Crippen LogP contribution in [0.1, 0.15) is 37.3 Å². The van der Waals surface area contributed by atoms with Crippen molar-refractivity contribution in [3.63, 3.8) is 0 Å². The predicted octanol–water partition coefficient (Wildman–Crippen LogP) is 2.87. The number of nitrogens with zero attached hydrogens (tertiary/aromatic N) is 1. The van der Waals surface area contributed by atoms with E-state index in [1.807, 2.05) is 32.9 Å². The molecule has 0 aromatic heterocycles. The molecule has 4 heteroatoms. The summed E-state index contributed by atoms with van der Waals surface area (Å²) in [6.45, 7) is 6.50. The summed E-state index contributed by atoms with van der Waals surface area (Å²) in [4.78, 5) is 0.460. The van der Waals surface area contributed by atoms with Gasteiger partial charge in [-0.15, -0.1) is 0 Å². The zero-order valence-electron chi connectivity index (χ0n) is 11.3. The van der Waals surface area contributed by atoms with Gasteiger partial charge in [0.1, 0.15) is 0 Å². The Morgan fingerprint density at radius 1 is 1.22 bits per heavy atom. The highest BCUT2D eigenvalue weighted by atomic mass is 32.2. The van der Waals surface area contributed by atoms with Crippen LogP contribution in [0.15, 0.2) is 23.1 Å². The molecule has 0 aliphatic carbocycles. The van der Waals surface area contributed by atoms with Gasteiger partial charge in [0.15, 0.2) is 0 Å². The topological polar surface area (TPSA) is 37.4 Å². The van der Waals surface area contributed by atoms with Crippen molar-refractivity contribution in [3.05, 3.63) is 29.3 Å². The molecule has 3 nitrogen and oxygen atoms in total. The molecule has 1 atom stereocenters. The average molecular weight is 267 g/mol. The van der Waals surface area contributed by atoms with Crippen LogP contribution in [-0.4, -0.2) is 25.3 Å². The lowest BCUT2D eigenvalue weighted by Crippen LogP contribution is -2.42. The first kappa shape index (κ1) is 13.6. The molecule has 0 saturated carbocycles. The summed E-state index contributed by atoms with van der Waals surface area (Å²) in [6.07, 6.45) is 3.05. The molecule has 1 saturated heterocycles. The van der Waals surface area contributed by atoms with Crippen LogP contribution < -0.4 is 0 Å². The molecule has 1 aromatic carbocycles. The largest absolute Gasteiger partial charge is 0.243 e. The first-order chi connectivity index (χ1) is 8.43. The van der Waals surface area contributed by atoms with E-state index in [0.717, 1.165) is 30.4 Å². The summed E-state index contributed by atoms with van der Waals surface area (Å²) in [5.41, 5.74) is 1.94. The molecular formula is C14H21NO2S. The van der Waals surface area contributed by atoms with Gasteiger partial charge in [0.2, 0.25) is 10.0 Å². The third-order valence-corrected chi connectivity index (χ3v) is 5.83. The van der Waals surface area contributed by atoms with Crippen LogP contribution in [0.5, 0.6) is 0 Å². The van der Waals surface area contributed by atoms with Crippen molar-refractivity contribution in [1.29, 1.82) is 0 Å². The van der Waals surface area contributed by atoms with Crippen LogP contribution in [0.3, 0.4) is 0 Å². The highest BCUT2D eigenvalue weighted by Crippen LogP contribution is 2.27. The summed E-state index contributed by atoms with van der Waals surface area (Å²) >= 11 is 0. The van der Waals surface area contributed by atoms with E-state index in [1.165, 1.54) is 0 Å². The maximum absolute atomic E-state index is 12.7. The Kier molecular flexibility index (Phi) is 3.78. The van der Waals surface area contributed by atoms with Crippen LogP contribution in [0.4, 0.5) is 0 Å². The molecule has 1 aliphatic rings. The Bertz CT molecular complexity index is 537. The molecule has 0 radical (unpaired) electrons. The normalized spacial score (nSPS) is 22.1. The highest BCUT2D eigenvalue weighted by Gasteiger charge is 2.31. The molecule has 0 bridgehead atoms. The molecule has 18 heavy (non-hydrogen) atoms. The Morgan fingerprint density at radius 3 is 2.56 bits per heavy atom. The number of sulfonamides is 1. The van der Waals surface area contributed by atoms with Gasteiger partial charge in [-0.25, -0.2) is 8.42 Å². The molecule has 0 amide bonds. The monoisotopic (exact) mass is 267 g/mol. The van der Waals surface area contributed by atoms with Crippen molar-refractivity contribution in [1.82, 2.24) is 4.31 Å². The lowest BCUT2D eigenvalue weighted by atomic mass is 10.1. The second kappa shape index (κ2) is 5.02. The summed E-state index contributed by atoms with van der Waals surface area (Å²) in [5, 5.41) is 0. The van der Waals surface area contributed by atoms with Crippen molar-refractivity contribution < 1.29 is 8.42 Å². The lowest BCUT2D eigenvalue weighted by Gasteiger charge is -2.32. The van der Waals surface area contributed by atoms with Crippen LogP contribution in [0.25, 0.3) is 0 Å². The van der Waals surface area contributed by atoms with Gasteiger partial charge in [0.05, 0.1) is 4.90 Å². The molecule has 1 heterocycles. The first-order valence-corrected chi connectivity index (χ1v) is 7.96. The second-order valence-electron chi connectivity index (χ2n) is 5.23. The number of piperidine rings is 1. The first-order valence-electron chi connectivity index (χ1n) is 6.52. The maximum Gasteiger partial charge on any atom is 0.243 e. The third kappa shape index (κ3) is 2.45. The minimum absolute atomic E-state index is 0.115. The van der Waals surface area contributed by atoms with Crippen molar-refractivity contribution in [2.45, 2.75) is 51.0 Å². The van der Waals surface area contributed by atoms with E-state index >= 15 is 0 Å². The van der Waals surface area contributed by atoms with E-state index in [0.29, 0.717) is 11.4 Å². The minimum atomic E-state index is -3.33. The van der Waals surface area contributed by atoms with Gasteiger partial charge in [-0.3, -0.25) is 0 Å². The van der Waals surface area contributed by atoms with Crippen molar-refractivity contribution in [3.8, 4) is 0 Å². The van der Waals surface area contributed by atoms with Gasteiger partial charge in [-0.1, -0.05) is 24.1 Å². The van der Waals surface area contributed by atoms with Gasteiger partial charge >= 0.3 is 0 Å². The van der Waals surface area contributed by atoms with Crippen molar-refractivity contribution >= 4 is 10.0 Å². The fourth-order valence-corrected chi connectivity index (χ4v) is 4.55. The van der Waals surface area contributed by atoms with Crippen LogP contribution in [-0.2, 0) is 10.0 Å². The van der Waals surface area contributed by atoms with Crippen LogP contribution in [0.2, 0.25) is 0 Å². The van der Waals surface area contributed by atoms with Gasteiger partial charge in [-0.2, -0.15) is 4.31 Å².